The van der Waals surface area contributed by atoms with Crippen LogP contribution < -0.4 is 0 Å². The first-order chi connectivity index (χ1) is 28.3. The molecule has 0 amide bonds. The van der Waals surface area contributed by atoms with E-state index in [-0.39, 0.29) is 21.7 Å². The molecule has 0 aliphatic heterocycles. The van der Waals surface area contributed by atoms with Crippen LogP contribution in [0.4, 0.5) is 0 Å². The van der Waals surface area contributed by atoms with Gasteiger partial charge >= 0.3 is 0 Å². The van der Waals surface area contributed by atoms with Gasteiger partial charge in [-0.25, -0.2) is 4.98 Å². The van der Waals surface area contributed by atoms with Crippen molar-refractivity contribution < 1.29 is 0 Å². The van der Waals surface area contributed by atoms with Crippen LogP contribution in [0.1, 0.15) is 105 Å². The normalized spacial score (nSPS) is 13.0. The number of hydrogen-bond acceptors (Lipinski definition) is 3. The van der Waals surface area contributed by atoms with Crippen LogP contribution in [-0.4, -0.2) is 24.1 Å². The third kappa shape index (κ3) is 6.78. The SMILES string of the molecule is CC(C)(C)c1ccc2c(c1)c1cc(C(C)(C)C)ccc1n2-c1nc(-c2ccccc2)nc(-c2ccccc2-n2c3ccc(C(C)(C)C)cc3c3cc(C(C)(C)C)ccc32)n1. The molecule has 5 heteroatoms. The van der Waals surface area contributed by atoms with E-state index < -0.39 is 0 Å². The number of nitrogens with zero attached hydrogens (tertiary/aromatic N) is 5. The summed E-state index contributed by atoms with van der Waals surface area (Å²) in [5.74, 6) is 1.84. The van der Waals surface area contributed by atoms with Crippen LogP contribution in [-0.2, 0) is 21.7 Å². The summed E-state index contributed by atoms with van der Waals surface area (Å²) in [4.78, 5) is 16.1. The molecule has 0 bridgehead atoms. The zero-order valence-corrected chi connectivity index (χ0v) is 37.4. The molecule has 9 rings (SSSR count). The van der Waals surface area contributed by atoms with Crippen molar-refractivity contribution in [3.63, 3.8) is 0 Å². The van der Waals surface area contributed by atoms with Crippen molar-refractivity contribution in [1.82, 2.24) is 24.1 Å². The Morgan fingerprint density at radius 3 is 1.13 bits per heavy atom. The number of hydrogen-bond donors (Lipinski definition) is 0. The number of benzene rings is 6. The first kappa shape index (κ1) is 39.4. The standard InChI is InChI=1S/C55H57N5/c1-52(2,3)35-22-26-45-40(30-35)41-31-36(53(4,5)6)23-27-46(41)59(45)44-21-17-16-20-39(44)50-56-49(34-18-14-13-15-19-34)57-51(58-50)60-47-28-24-37(54(7,8)9)32-42(47)43-33-38(55(10,11)12)25-29-48(43)60/h13-33H,1-12H3. The lowest BCUT2D eigenvalue weighted by Crippen LogP contribution is -2.11. The predicted molar refractivity (Wildman–Crippen MR) is 254 cm³/mol. The minimum Gasteiger partial charge on any atom is -0.309 e. The van der Waals surface area contributed by atoms with Gasteiger partial charge in [-0.15, -0.1) is 0 Å². The van der Waals surface area contributed by atoms with Gasteiger partial charge in [0.25, 0.3) is 0 Å². The largest absolute Gasteiger partial charge is 0.309 e. The fourth-order valence-corrected chi connectivity index (χ4v) is 8.55. The van der Waals surface area contributed by atoms with E-state index in [4.69, 9.17) is 15.0 Å². The highest BCUT2D eigenvalue weighted by molar-refractivity contribution is 6.11. The van der Waals surface area contributed by atoms with Gasteiger partial charge in [0, 0.05) is 32.7 Å². The summed E-state index contributed by atoms with van der Waals surface area (Å²) >= 11 is 0. The fourth-order valence-electron chi connectivity index (χ4n) is 8.55. The highest BCUT2D eigenvalue weighted by atomic mass is 15.2. The summed E-state index contributed by atoms with van der Waals surface area (Å²) in [6.45, 7) is 27.4. The average Bonchev–Trinajstić information content (AvgIpc) is 3.71. The van der Waals surface area contributed by atoms with E-state index >= 15 is 0 Å². The molecule has 0 saturated heterocycles. The molecule has 5 nitrogen and oxygen atoms in total. The minimum atomic E-state index is -0.00971. The Morgan fingerprint density at radius 2 is 0.717 bits per heavy atom. The van der Waals surface area contributed by atoms with E-state index in [2.05, 4.69) is 201 Å². The Kier molecular flexibility index (Phi) is 9.02. The lowest BCUT2D eigenvalue weighted by Gasteiger charge is -2.19. The summed E-state index contributed by atoms with van der Waals surface area (Å²) < 4.78 is 4.65. The quantitative estimate of drug-likeness (QED) is 0.178. The molecule has 0 spiro atoms. The average molecular weight is 788 g/mol. The zero-order valence-electron chi connectivity index (χ0n) is 37.4. The van der Waals surface area contributed by atoms with Crippen molar-refractivity contribution in [3.05, 3.63) is 150 Å². The second kappa shape index (κ2) is 13.7. The number of para-hydroxylation sites is 1. The molecule has 0 saturated carbocycles. The van der Waals surface area contributed by atoms with E-state index in [9.17, 15) is 0 Å². The third-order valence-electron chi connectivity index (χ3n) is 12.2. The molecular formula is C55H57N5. The highest BCUT2D eigenvalue weighted by Gasteiger charge is 2.26. The summed E-state index contributed by atoms with van der Waals surface area (Å²) in [7, 11) is 0. The molecule has 0 fully saturated rings. The summed E-state index contributed by atoms with van der Waals surface area (Å²) in [5, 5.41) is 4.88. The Labute approximate surface area is 355 Å². The van der Waals surface area contributed by atoms with Crippen molar-refractivity contribution in [3.8, 4) is 34.4 Å². The van der Waals surface area contributed by atoms with Gasteiger partial charge in [0.2, 0.25) is 5.95 Å². The maximum Gasteiger partial charge on any atom is 0.238 e. The molecule has 0 unspecified atom stereocenters. The van der Waals surface area contributed by atoms with Crippen molar-refractivity contribution in [1.29, 1.82) is 0 Å². The van der Waals surface area contributed by atoms with Crippen molar-refractivity contribution >= 4 is 43.6 Å². The Morgan fingerprint density at radius 1 is 0.350 bits per heavy atom. The van der Waals surface area contributed by atoms with Crippen molar-refractivity contribution in [2.45, 2.75) is 105 Å². The first-order valence-electron chi connectivity index (χ1n) is 21.4. The van der Waals surface area contributed by atoms with Gasteiger partial charge < -0.3 is 4.57 Å². The highest BCUT2D eigenvalue weighted by Crippen LogP contribution is 2.41. The Bertz CT molecular complexity index is 2970. The van der Waals surface area contributed by atoms with Gasteiger partial charge in [0.15, 0.2) is 11.6 Å². The molecule has 302 valence electrons. The van der Waals surface area contributed by atoms with Crippen LogP contribution in [0, 0.1) is 0 Å². The van der Waals surface area contributed by atoms with E-state index in [0.29, 0.717) is 17.6 Å². The fraction of sp³-hybridized carbons (Fsp3) is 0.291. The smallest absolute Gasteiger partial charge is 0.238 e. The van der Waals surface area contributed by atoms with Crippen molar-refractivity contribution in [2.75, 3.05) is 0 Å². The number of rotatable bonds is 4. The van der Waals surface area contributed by atoms with Gasteiger partial charge in [-0.3, -0.25) is 4.57 Å². The number of aromatic nitrogens is 5. The maximum atomic E-state index is 5.47. The third-order valence-corrected chi connectivity index (χ3v) is 12.2. The molecule has 0 aliphatic carbocycles. The second-order valence-electron chi connectivity index (χ2n) is 20.8. The maximum absolute atomic E-state index is 5.47. The summed E-state index contributed by atoms with van der Waals surface area (Å²) in [5.41, 5.74) is 12.5. The predicted octanol–water partition coefficient (Wildman–Crippen LogP) is 14.6. The molecule has 9 aromatic rings. The molecule has 0 aliphatic rings. The van der Waals surface area contributed by atoms with Crippen LogP contribution in [0.3, 0.4) is 0 Å². The number of fused-ring (bicyclic) bond motifs is 6. The van der Waals surface area contributed by atoms with Crippen molar-refractivity contribution in [2.24, 2.45) is 0 Å². The molecule has 6 aromatic carbocycles. The van der Waals surface area contributed by atoms with Crippen LogP contribution in [0.2, 0.25) is 0 Å². The van der Waals surface area contributed by atoms with Gasteiger partial charge in [-0.05, 0) is 105 Å². The Hall–Kier alpha value is -6.07. The minimum absolute atomic E-state index is 0.00666. The van der Waals surface area contributed by atoms with Gasteiger partial charge in [-0.1, -0.05) is 150 Å². The molecule has 0 atom stereocenters. The van der Waals surface area contributed by atoms with E-state index in [1.165, 1.54) is 43.8 Å². The van der Waals surface area contributed by atoms with Crippen LogP contribution in [0.15, 0.2) is 127 Å². The molecule has 0 N–H and O–H groups in total. The second-order valence-corrected chi connectivity index (χ2v) is 20.8. The monoisotopic (exact) mass is 787 g/mol. The summed E-state index contributed by atoms with van der Waals surface area (Å²) in [6, 6.07) is 46.6. The van der Waals surface area contributed by atoms with Crippen LogP contribution in [0.5, 0.6) is 0 Å². The van der Waals surface area contributed by atoms with Crippen LogP contribution >= 0.6 is 0 Å². The zero-order chi connectivity index (χ0) is 42.5. The molecule has 60 heavy (non-hydrogen) atoms. The van der Waals surface area contributed by atoms with Gasteiger partial charge in [0.1, 0.15) is 0 Å². The van der Waals surface area contributed by atoms with E-state index in [1.54, 1.807) is 0 Å². The van der Waals surface area contributed by atoms with Gasteiger partial charge in [-0.2, -0.15) is 9.97 Å². The van der Waals surface area contributed by atoms with Crippen LogP contribution in [0.25, 0.3) is 78.0 Å². The molecular weight excluding hydrogens is 731 g/mol. The Balaban J connectivity index is 1.35. The topological polar surface area (TPSA) is 48.5 Å². The van der Waals surface area contributed by atoms with E-state index in [0.717, 1.165) is 38.9 Å². The first-order valence-corrected chi connectivity index (χ1v) is 21.4. The summed E-state index contributed by atoms with van der Waals surface area (Å²) in [6.07, 6.45) is 0. The lowest BCUT2D eigenvalue weighted by atomic mass is 9.85. The molecule has 0 radical (unpaired) electrons. The molecule has 3 heterocycles. The van der Waals surface area contributed by atoms with E-state index in [1.807, 2.05) is 18.2 Å². The molecule has 3 aromatic heterocycles. The van der Waals surface area contributed by atoms with Gasteiger partial charge in [0.05, 0.1) is 27.8 Å². The lowest BCUT2D eigenvalue weighted by molar-refractivity contribution is 0.590.